The topological polar surface area (TPSA) is 40.4 Å². The van der Waals surface area contributed by atoms with E-state index in [1.165, 1.54) is 82.8 Å². The van der Waals surface area contributed by atoms with Gasteiger partial charge in [-0.15, -0.1) is 11.3 Å². The van der Waals surface area contributed by atoms with Crippen LogP contribution in [0.25, 0.3) is 32.7 Å². The van der Waals surface area contributed by atoms with E-state index in [-0.39, 0.29) is 0 Å². The number of furan rings is 1. The first kappa shape index (κ1) is 25.6. The van der Waals surface area contributed by atoms with Crippen LogP contribution < -0.4 is 10.6 Å². The van der Waals surface area contributed by atoms with Gasteiger partial charge in [0.2, 0.25) is 0 Å². The van der Waals surface area contributed by atoms with Crippen LogP contribution in [0.3, 0.4) is 0 Å². The van der Waals surface area contributed by atoms with Gasteiger partial charge in [-0.2, -0.15) is 0 Å². The minimum Gasteiger partial charge on any atom is -0.472 e. The maximum atomic E-state index is 5.29. The zero-order valence-corrected chi connectivity index (χ0v) is 23.1. The maximum Gasteiger partial charge on any atom is 0.0980 e. The summed E-state index contributed by atoms with van der Waals surface area (Å²) >= 11 is 1.94. The Kier molecular flexibility index (Phi) is 8.37. The molecular weight excluding hydrogens is 486 g/mol. The molecular formula is C33H39N3OS. The number of thiophene rings is 1. The van der Waals surface area contributed by atoms with Crippen LogP contribution in [0, 0.1) is 5.92 Å². The van der Waals surface area contributed by atoms with Crippen LogP contribution in [0.2, 0.25) is 0 Å². The molecule has 2 aliphatic rings. The summed E-state index contributed by atoms with van der Waals surface area (Å²) in [4.78, 5) is 5.37. The SMILES string of the molecule is c1cc(-c2ccc(-c3cc(CNCC4CCNCC4)sc3-c3ccc(CN4CCCCC4)cc3)cc2)co1. The lowest BCUT2D eigenvalue weighted by Gasteiger charge is -2.26. The minimum absolute atomic E-state index is 0.790. The van der Waals surface area contributed by atoms with Crippen LogP contribution in [0.4, 0.5) is 0 Å². The normalized spacial score (nSPS) is 17.2. The molecule has 0 unspecified atom stereocenters. The first-order valence-electron chi connectivity index (χ1n) is 14.3. The Hall–Kier alpha value is -2.70. The number of benzene rings is 2. The lowest BCUT2D eigenvalue weighted by Crippen LogP contribution is -2.33. The lowest BCUT2D eigenvalue weighted by molar-refractivity contribution is 0.221. The molecule has 198 valence electrons. The predicted molar refractivity (Wildman–Crippen MR) is 159 cm³/mol. The van der Waals surface area contributed by atoms with Crippen molar-refractivity contribution >= 4 is 11.3 Å². The summed E-state index contributed by atoms with van der Waals surface area (Å²) < 4.78 is 5.29. The summed E-state index contributed by atoms with van der Waals surface area (Å²) in [6, 6.07) is 22.7. The van der Waals surface area contributed by atoms with Gasteiger partial charge < -0.3 is 15.1 Å². The Bertz CT molecular complexity index is 1270. The van der Waals surface area contributed by atoms with E-state index in [9.17, 15) is 0 Å². The zero-order chi connectivity index (χ0) is 25.6. The summed E-state index contributed by atoms with van der Waals surface area (Å²) in [7, 11) is 0. The smallest absolute Gasteiger partial charge is 0.0980 e. The Balaban J connectivity index is 1.22. The van der Waals surface area contributed by atoms with E-state index in [2.05, 4.69) is 70.1 Å². The van der Waals surface area contributed by atoms with Gasteiger partial charge >= 0.3 is 0 Å². The van der Waals surface area contributed by atoms with Crippen LogP contribution in [-0.4, -0.2) is 37.6 Å². The third kappa shape index (κ3) is 6.29. The fraction of sp³-hybridized carbons (Fsp3) is 0.394. The van der Waals surface area contributed by atoms with Crippen LogP contribution in [0.5, 0.6) is 0 Å². The average molecular weight is 526 g/mol. The second-order valence-corrected chi connectivity index (χ2v) is 12.0. The van der Waals surface area contributed by atoms with Gasteiger partial charge in [0, 0.05) is 34.0 Å². The maximum absolute atomic E-state index is 5.29. The van der Waals surface area contributed by atoms with Crippen molar-refractivity contribution in [3.63, 3.8) is 0 Å². The van der Waals surface area contributed by atoms with Crippen LogP contribution in [-0.2, 0) is 13.1 Å². The highest BCUT2D eigenvalue weighted by Crippen LogP contribution is 2.40. The molecule has 2 aromatic heterocycles. The Morgan fingerprint density at radius 3 is 2.32 bits per heavy atom. The summed E-state index contributed by atoms with van der Waals surface area (Å²) in [5.41, 5.74) is 7.64. The first-order valence-corrected chi connectivity index (χ1v) is 15.1. The van der Waals surface area contributed by atoms with E-state index < -0.39 is 0 Å². The van der Waals surface area contributed by atoms with Gasteiger partial charge in [0.1, 0.15) is 0 Å². The molecule has 0 saturated carbocycles. The molecule has 2 saturated heterocycles. The van der Waals surface area contributed by atoms with Crippen LogP contribution in [0.15, 0.2) is 77.6 Å². The van der Waals surface area contributed by atoms with Crippen LogP contribution >= 0.6 is 11.3 Å². The molecule has 4 aromatic rings. The fourth-order valence-corrected chi connectivity index (χ4v) is 7.01. The summed E-state index contributed by atoms with van der Waals surface area (Å²) in [5, 5.41) is 7.24. The van der Waals surface area contributed by atoms with Gasteiger partial charge in [0.15, 0.2) is 0 Å². The van der Waals surface area contributed by atoms with Crippen molar-refractivity contribution in [2.24, 2.45) is 5.92 Å². The molecule has 0 amide bonds. The highest BCUT2D eigenvalue weighted by molar-refractivity contribution is 7.16. The van der Waals surface area contributed by atoms with Gasteiger partial charge in [0.05, 0.1) is 12.5 Å². The molecule has 4 nitrogen and oxygen atoms in total. The van der Waals surface area contributed by atoms with Crippen molar-refractivity contribution in [3.05, 3.63) is 83.6 Å². The number of rotatable bonds is 9. The molecule has 0 aliphatic carbocycles. The van der Waals surface area contributed by atoms with Crippen LogP contribution in [0.1, 0.15) is 42.5 Å². The van der Waals surface area contributed by atoms with Gasteiger partial charge in [-0.1, -0.05) is 55.0 Å². The standard InChI is InChI=1S/C33H39N3OS/c1-2-17-36(18-3-1)23-26-4-6-29(7-5-26)33-32(28-10-8-27(9-11-28)30-14-19-37-24-30)20-31(38-33)22-35-21-25-12-15-34-16-13-25/h4-11,14,19-20,24-25,34-35H,1-3,12-13,15-18,21-23H2. The number of hydrogen-bond acceptors (Lipinski definition) is 5. The van der Waals surface area contributed by atoms with E-state index >= 15 is 0 Å². The summed E-state index contributed by atoms with van der Waals surface area (Å²) in [5.74, 6) is 0.790. The van der Waals surface area contributed by atoms with E-state index in [0.29, 0.717) is 0 Å². The minimum atomic E-state index is 0.790. The molecule has 4 heterocycles. The highest BCUT2D eigenvalue weighted by atomic mass is 32.1. The third-order valence-corrected chi connectivity index (χ3v) is 9.28. The van der Waals surface area contributed by atoms with Crippen molar-refractivity contribution in [3.8, 4) is 32.7 Å². The second-order valence-electron chi connectivity index (χ2n) is 10.9. The number of piperidine rings is 2. The highest BCUT2D eigenvalue weighted by Gasteiger charge is 2.16. The predicted octanol–water partition coefficient (Wildman–Crippen LogP) is 7.42. The van der Waals surface area contributed by atoms with Gasteiger partial charge in [-0.3, -0.25) is 4.90 Å². The van der Waals surface area contributed by atoms with E-state index in [4.69, 9.17) is 4.42 Å². The molecule has 0 radical (unpaired) electrons. The quantitative estimate of drug-likeness (QED) is 0.239. The zero-order valence-electron chi connectivity index (χ0n) is 22.3. The third-order valence-electron chi connectivity index (χ3n) is 8.10. The van der Waals surface area contributed by atoms with Crippen molar-refractivity contribution in [2.45, 2.75) is 45.2 Å². The lowest BCUT2D eigenvalue weighted by atomic mass is 9.98. The molecule has 5 heteroatoms. The molecule has 0 atom stereocenters. The van der Waals surface area contributed by atoms with Gasteiger partial charge in [-0.05, 0) is 98.7 Å². The number of nitrogens with zero attached hydrogens (tertiary/aromatic N) is 1. The summed E-state index contributed by atoms with van der Waals surface area (Å²) in [6.07, 6.45) is 10.2. The second kappa shape index (κ2) is 12.4. The largest absolute Gasteiger partial charge is 0.472 e. The van der Waals surface area contributed by atoms with E-state index in [0.717, 1.165) is 44.2 Å². The van der Waals surface area contributed by atoms with Crippen molar-refractivity contribution in [1.82, 2.24) is 15.5 Å². The molecule has 0 bridgehead atoms. The average Bonchev–Trinajstić information content (AvgIpc) is 3.66. The monoisotopic (exact) mass is 525 g/mol. The Morgan fingerprint density at radius 2 is 1.58 bits per heavy atom. The summed E-state index contributed by atoms with van der Waals surface area (Å²) in [6.45, 7) is 7.89. The number of hydrogen-bond donors (Lipinski definition) is 2. The van der Waals surface area contributed by atoms with Crippen molar-refractivity contribution in [1.29, 1.82) is 0 Å². The van der Waals surface area contributed by atoms with Gasteiger partial charge in [0.25, 0.3) is 0 Å². The van der Waals surface area contributed by atoms with E-state index in [1.54, 1.807) is 6.26 Å². The van der Waals surface area contributed by atoms with Crippen molar-refractivity contribution < 1.29 is 4.42 Å². The number of likely N-dealkylation sites (tertiary alicyclic amines) is 1. The van der Waals surface area contributed by atoms with Gasteiger partial charge in [-0.25, -0.2) is 0 Å². The molecule has 2 aromatic carbocycles. The Labute approximate surface area is 231 Å². The first-order chi connectivity index (χ1) is 18.8. The molecule has 2 aliphatic heterocycles. The van der Waals surface area contributed by atoms with Crippen molar-refractivity contribution in [2.75, 3.05) is 32.7 Å². The molecule has 38 heavy (non-hydrogen) atoms. The molecule has 0 spiro atoms. The molecule has 2 fully saturated rings. The van der Waals surface area contributed by atoms with E-state index in [1.807, 2.05) is 23.7 Å². The molecule has 6 rings (SSSR count). The fourth-order valence-electron chi connectivity index (χ4n) is 5.85. The Morgan fingerprint density at radius 1 is 0.842 bits per heavy atom. The number of nitrogens with one attached hydrogen (secondary N) is 2. The molecule has 2 N–H and O–H groups in total.